The van der Waals surface area contributed by atoms with Crippen molar-refractivity contribution in [2.24, 2.45) is 0 Å². The highest BCUT2D eigenvalue weighted by Gasteiger charge is 2.36. The molecule has 0 atom stereocenters. The maximum Gasteiger partial charge on any atom is 0.433 e. The first-order valence-electron chi connectivity index (χ1n) is 11.5. The number of fused-ring (bicyclic) bond motifs is 1. The van der Waals surface area contributed by atoms with E-state index in [-0.39, 0.29) is 17.0 Å². The number of alkyl halides is 3. The summed E-state index contributed by atoms with van der Waals surface area (Å²) in [7, 11) is 0. The lowest BCUT2D eigenvalue weighted by atomic mass is 10.1. The molecule has 186 valence electrons. The average molecular weight is 514 g/mol. The molecule has 2 aromatic heterocycles. The van der Waals surface area contributed by atoms with Gasteiger partial charge in [0.15, 0.2) is 17.0 Å². The van der Waals surface area contributed by atoms with Crippen LogP contribution in [0.25, 0.3) is 16.9 Å². The van der Waals surface area contributed by atoms with Gasteiger partial charge in [-0.25, -0.2) is 9.50 Å². The molecule has 10 heteroatoms. The molecule has 1 amide bonds. The molecule has 36 heavy (non-hydrogen) atoms. The van der Waals surface area contributed by atoms with Crippen LogP contribution < -0.4 is 0 Å². The molecule has 1 saturated heterocycles. The molecule has 0 saturated carbocycles. The van der Waals surface area contributed by atoms with E-state index in [1.54, 1.807) is 29.2 Å². The summed E-state index contributed by atoms with van der Waals surface area (Å²) in [6.07, 6.45) is -4.68. The third-order valence-electron chi connectivity index (χ3n) is 6.39. The van der Waals surface area contributed by atoms with E-state index in [2.05, 4.69) is 34.0 Å². The fourth-order valence-corrected chi connectivity index (χ4v) is 4.47. The minimum absolute atomic E-state index is 0.0451. The first-order chi connectivity index (χ1) is 17.2. The molecule has 3 heterocycles. The molecule has 1 aliphatic heterocycles. The maximum atomic E-state index is 13.9. The predicted octanol–water partition coefficient (Wildman–Crippen LogP) is 5.33. The molecule has 0 spiro atoms. The number of rotatable bonds is 4. The predicted molar refractivity (Wildman–Crippen MR) is 131 cm³/mol. The van der Waals surface area contributed by atoms with Crippen LogP contribution in [0.4, 0.5) is 13.2 Å². The number of hydrogen-bond acceptors (Lipinski definition) is 4. The molecular formula is C26H23ClF3N5O. The lowest BCUT2D eigenvalue weighted by molar-refractivity contribution is -0.142. The number of halogens is 4. The Morgan fingerprint density at radius 2 is 1.69 bits per heavy atom. The van der Waals surface area contributed by atoms with E-state index in [1.807, 2.05) is 12.1 Å². The molecule has 5 rings (SSSR count). The van der Waals surface area contributed by atoms with Crippen molar-refractivity contribution in [2.75, 3.05) is 26.2 Å². The number of aryl methyl sites for hydroxylation is 1. The molecular weight excluding hydrogens is 491 g/mol. The summed E-state index contributed by atoms with van der Waals surface area (Å²) < 4.78 is 42.3. The van der Waals surface area contributed by atoms with Crippen LogP contribution in [0.5, 0.6) is 0 Å². The first-order valence-corrected chi connectivity index (χ1v) is 11.9. The van der Waals surface area contributed by atoms with Crippen molar-refractivity contribution in [2.45, 2.75) is 19.6 Å². The lowest BCUT2D eigenvalue weighted by Crippen LogP contribution is -2.48. The van der Waals surface area contributed by atoms with Gasteiger partial charge >= 0.3 is 6.18 Å². The number of hydrogen-bond donors (Lipinski definition) is 0. The average Bonchev–Trinajstić information content (AvgIpc) is 3.29. The first kappa shape index (κ1) is 24.3. The maximum absolute atomic E-state index is 13.9. The Kier molecular flexibility index (Phi) is 6.44. The minimum atomic E-state index is -4.68. The fraction of sp³-hybridized carbons (Fsp3) is 0.269. The van der Waals surface area contributed by atoms with E-state index >= 15 is 0 Å². The van der Waals surface area contributed by atoms with Crippen molar-refractivity contribution in [3.8, 4) is 11.3 Å². The number of carbonyl (C=O) groups excluding carboxylic acids is 1. The zero-order valence-corrected chi connectivity index (χ0v) is 20.2. The van der Waals surface area contributed by atoms with Crippen molar-refractivity contribution in [1.82, 2.24) is 24.4 Å². The summed E-state index contributed by atoms with van der Waals surface area (Å²) in [5.41, 5.74) is 1.94. The van der Waals surface area contributed by atoms with Gasteiger partial charge in [0, 0.05) is 49.4 Å². The number of aromatic nitrogens is 3. The monoisotopic (exact) mass is 513 g/mol. The molecule has 4 aromatic rings. The topological polar surface area (TPSA) is 53.7 Å². The second-order valence-electron chi connectivity index (χ2n) is 8.83. The van der Waals surface area contributed by atoms with Crippen LogP contribution in [0, 0.1) is 6.92 Å². The highest BCUT2D eigenvalue weighted by molar-refractivity contribution is 6.30. The van der Waals surface area contributed by atoms with Gasteiger partial charge in [0.2, 0.25) is 0 Å². The number of carbonyl (C=O) groups is 1. The zero-order chi connectivity index (χ0) is 25.4. The summed E-state index contributed by atoms with van der Waals surface area (Å²) in [5.74, 6) is -0.405. The fourth-order valence-electron chi connectivity index (χ4n) is 4.35. The summed E-state index contributed by atoms with van der Waals surface area (Å²) in [4.78, 5) is 21.4. The molecule has 0 unspecified atom stereocenters. The van der Waals surface area contributed by atoms with Crippen molar-refractivity contribution >= 4 is 23.2 Å². The van der Waals surface area contributed by atoms with Crippen LogP contribution >= 0.6 is 11.6 Å². The van der Waals surface area contributed by atoms with Gasteiger partial charge in [-0.05, 0) is 36.2 Å². The van der Waals surface area contributed by atoms with Gasteiger partial charge in [-0.2, -0.15) is 18.3 Å². The number of nitrogens with zero attached hydrogens (tertiary/aromatic N) is 5. The van der Waals surface area contributed by atoms with Crippen LogP contribution in [0.15, 0.2) is 60.7 Å². The van der Waals surface area contributed by atoms with E-state index < -0.39 is 17.8 Å². The normalized spacial score (nSPS) is 15.0. The minimum Gasteiger partial charge on any atom is -0.335 e. The molecule has 6 nitrogen and oxygen atoms in total. The van der Waals surface area contributed by atoms with Crippen LogP contribution in [-0.4, -0.2) is 56.5 Å². The summed E-state index contributed by atoms with van der Waals surface area (Å²) in [6.45, 7) is 5.12. The highest BCUT2D eigenvalue weighted by Crippen LogP contribution is 2.32. The quantitative estimate of drug-likeness (QED) is 0.370. The van der Waals surface area contributed by atoms with Gasteiger partial charge in [-0.15, -0.1) is 0 Å². The van der Waals surface area contributed by atoms with Crippen LogP contribution in [0.1, 0.15) is 27.3 Å². The van der Waals surface area contributed by atoms with Gasteiger partial charge in [-0.3, -0.25) is 9.69 Å². The molecule has 1 fully saturated rings. The Balaban J connectivity index is 1.38. The second kappa shape index (κ2) is 9.55. The van der Waals surface area contributed by atoms with E-state index in [0.717, 1.165) is 12.6 Å². The third kappa shape index (κ3) is 4.94. The van der Waals surface area contributed by atoms with Crippen LogP contribution in [-0.2, 0) is 12.7 Å². The van der Waals surface area contributed by atoms with Gasteiger partial charge in [0.1, 0.15) is 0 Å². The molecule has 0 radical (unpaired) electrons. The van der Waals surface area contributed by atoms with Crippen LogP contribution in [0.2, 0.25) is 5.02 Å². The Morgan fingerprint density at radius 3 is 2.36 bits per heavy atom. The lowest BCUT2D eigenvalue weighted by Gasteiger charge is -2.34. The van der Waals surface area contributed by atoms with Crippen molar-refractivity contribution in [3.63, 3.8) is 0 Å². The van der Waals surface area contributed by atoms with E-state index in [1.165, 1.54) is 17.2 Å². The molecule has 2 aromatic carbocycles. The zero-order valence-electron chi connectivity index (χ0n) is 19.5. The number of benzene rings is 2. The Morgan fingerprint density at radius 1 is 1.00 bits per heavy atom. The third-order valence-corrected chi connectivity index (χ3v) is 6.64. The smallest absolute Gasteiger partial charge is 0.335 e. The van der Waals surface area contributed by atoms with E-state index in [0.29, 0.717) is 41.3 Å². The second-order valence-corrected chi connectivity index (χ2v) is 9.26. The van der Waals surface area contributed by atoms with Crippen LogP contribution in [0.3, 0.4) is 0 Å². The Labute approximate surface area is 210 Å². The summed E-state index contributed by atoms with van der Waals surface area (Å²) in [6, 6.07) is 16.8. The Bertz CT molecular complexity index is 1410. The largest absolute Gasteiger partial charge is 0.433 e. The van der Waals surface area contributed by atoms with E-state index in [9.17, 15) is 18.0 Å². The molecule has 1 aliphatic rings. The number of amides is 1. The van der Waals surface area contributed by atoms with Gasteiger partial charge in [0.05, 0.1) is 5.69 Å². The SMILES string of the molecule is Cc1ccccc1CN1CCN(C(=O)c2cc3nc(-c4ccc(Cl)cc4)cc(C(F)(F)F)n3n2)CC1. The summed E-state index contributed by atoms with van der Waals surface area (Å²) >= 11 is 5.91. The van der Waals surface area contributed by atoms with Gasteiger partial charge in [-0.1, -0.05) is 48.0 Å². The highest BCUT2D eigenvalue weighted by atomic mass is 35.5. The van der Waals surface area contributed by atoms with Crippen molar-refractivity contribution in [1.29, 1.82) is 0 Å². The van der Waals surface area contributed by atoms with Gasteiger partial charge < -0.3 is 4.90 Å². The van der Waals surface area contributed by atoms with E-state index in [4.69, 9.17) is 11.6 Å². The molecule has 0 N–H and O–H groups in total. The van der Waals surface area contributed by atoms with Gasteiger partial charge in [0.25, 0.3) is 5.91 Å². The number of piperazine rings is 1. The van der Waals surface area contributed by atoms with Crippen molar-refractivity contribution < 1.29 is 18.0 Å². The molecule has 0 bridgehead atoms. The standard InChI is InChI=1S/C26H23ClF3N5O/c1-17-4-2-3-5-19(17)16-33-10-12-34(13-11-33)25(36)22-15-24-31-21(18-6-8-20(27)9-7-18)14-23(26(28,29)30)35(24)32-22/h2-9,14-15H,10-13,16H2,1H3. The summed E-state index contributed by atoms with van der Waals surface area (Å²) in [5, 5.41) is 4.47. The van der Waals surface area contributed by atoms with Crippen molar-refractivity contribution in [3.05, 3.63) is 88.2 Å². The molecule has 0 aliphatic carbocycles. The Hall–Kier alpha value is -3.43.